The number of hydrogen-bond acceptors (Lipinski definition) is 5. The second-order valence-corrected chi connectivity index (χ2v) is 8.28. The van der Waals surface area contributed by atoms with Gasteiger partial charge >= 0.3 is 5.97 Å². The van der Waals surface area contributed by atoms with Gasteiger partial charge in [0.25, 0.3) is 5.91 Å². The Morgan fingerprint density at radius 2 is 1.73 bits per heavy atom. The second kappa shape index (κ2) is 7.88. The van der Waals surface area contributed by atoms with E-state index in [4.69, 9.17) is 16.3 Å². The number of hydrogen-bond donors (Lipinski definition) is 1. The summed E-state index contributed by atoms with van der Waals surface area (Å²) in [6.45, 7) is 2.95. The largest absolute Gasteiger partial charge is 0.452 e. The fourth-order valence-corrected chi connectivity index (χ4v) is 2.99. The van der Waals surface area contributed by atoms with Crippen LogP contribution in [0.4, 0.5) is 5.69 Å². The van der Waals surface area contributed by atoms with Crippen LogP contribution in [0.5, 0.6) is 0 Å². The van der Waals surface area contributed by atoms with E-state index in [9.17, 15) is 18.0 Å². The summed E-state index contributed by atoms with van der Waals surface area (Å²) in [7, 11) is -3.46. The average Bonchev–Trinajstić information content (AvgIpc) is 2.55. The smallest absolute Gasteiger partial charge is 0.338 e. The van der Waals surface area contributed by atoms with Crippen LogP contribution < -0.4 is 5.32 Å². The minimum atomic E-state index is -3.46. The van der Waals surface area contributed by atoms with Crippen LogP contribution in [0.3, 0.4) is 0 Å². The lowest BCUT2D eigenvalue weighted by Crippen LogP contribution is -2.21. The first-order valence-electron chi connectivity index (χ1n) is 7.62. The highest BCUT2D eigenvalue weighted by Crippen LogP contribution is 2.20. The Hall–Kier alpha value is -2.38. The molecule has 0 aromatic heterocycles. The lowest BCUT2D eigenvalue weighted by molar-refractivity contribution is -0.119. The molecule has 0 unspecified atom stereocenters. The number of carbonyl (C=O) groups is 2. The summed E-state index contributed by atoms with van der Waals surface area (Å²) in [6.07, 6.45) is 1.05. The molecule has 0 radical (unpaired) electrons. The minimum absolute atomic E-state index is 0.00838. The van der Waals surface area contributed by atoms with E-state index in [1.165, 1.54) is 18.2 Å². The average molecular weight is 396 g/mol. The number of rotatable bonds is 5. The highest BCUT2D eigenvalue weighted by atomic mass is 35.5. The zero-order valence-electron chi connectivity index (χ0n) is 14.5. The molecule has 2 rings (SSSR count). The summed E-state index contributed by atoms with van der Waals surface area (Å²) in [6, 6.07) is 9.22. The second-order valence-electron chi connectivity index (χ2n) is 5.83. The maximum atomic E-state index is 12.2. The Bertz CT molecular complexity index is 970. The quantitative estimate of drug-likeness (QED) is 0.785. The third-order valence-corrected chi connectivity index (χ3v) is 5.01. The molecule has 0 saturated heterocycles. The number of esters is 1. The summed E-state index contributed by atoms with van der Waals surface area (Å²) in [5.74, 6) is -1.30. The molecule has 8 heteroatoms. The maximum Gasteiger partial charge on any atom is 0.338 e. The fraction of sp³-hybridized carbons (Fsp3) is 0.222. The van der Waals surface area contributed by atoms with Gasteiger partial charge in [0.05, 0.1) is 10.5 Å². The van der Waals surface area contributed by atoms with Crippen molar-refractivity contribution in [1.82, 2.24) is 0 Å². The number of aryl methyl sites for hydroxylation is 2. The predicted molar refractivity (Wildman–Crippen MR) is 99.4 cm³/mol. The van der Waals surface area contributed by atoms with Gasteiger partial charge in [-0.25, -0.2) is 13.2 Å². The number of halogens is 1. The molecular formula is C18H18ClNO5S. The first-order valence-corrected chi connectivity index (χ1v) is 9.88. The van der Waals surface area contributed by atoms with Gasteiger partial charge in [0.15, 0.2) is 16.4 Å². The summed E-state index contributed by atoms with van der Waals surface area (Å²) in [5, 5.41) is 3.08. The van der Waals surface area contributed by atoms with E-state index in [2.05, 4.69) is 5.32 Å². The minimum Gasteiger partial charge on any atom is -0.452 e. The van der Waals surface area contributed by atoms with Gasteiger partial charge in [-0.15, -0.1) is 0 Å². The van der Waals surface area contributed by atoms with Crippen LogP contribution in [0.1, 0.15) is 21.5 Å². The molecule has 0 aliphatic heterocycles. The van der Waals surface area contributed by atoms with Crippen LogP contribution >= 0.6 is 11.6 Å². The number of ether oxygens (including phenoxy) is 1. The van der Waals surface area contributed by atoms with Gasteiger partial charge in [0.1, 0.15) is 0 Å². The standard InChI is InChI=1S/C18H18ClNO5S/c1-11-5-7-14(26(3,23)24)9-15(11)18(22)25-10-17(21)20-16-8-13(19)6-4-12(16)2/h4-9H,10H2,1-3H3,(H,20,21). The summed E-state index contributed by atoms with van der Waals surface area (Å²) in [5.41, 5.74) is 1.98. The van der Waals surface area contributed by atoms with Gasteiger partial charge in [-0.3, -0.25) is 4.79 Å². The van der Waals surface area contributed by atoms with Gasteiger partial charge in [-0.2, -0.15) is 0 Å². The molecule has 0 saturated carbocycles. The normalized spacial score (nSPS) is 11.1. The molecule has 0 atom stereocenters. The number of carbonyl (C=O) groups excluding carboxylic acids is 2. The summed E-state index contributed by atoms with van der Waals surface area (Å²) < 4.78 is 28.2. The van der Waals surface area contributed by atoms with Crippen LogP contribution in [0, 0.1) is 13.8 Å². The van der Waals surface area contributed by atoms with Crippen LogP contribution in [0.15, 0.2) is 41.3 Å². The van der Waals surface area contributed by atoms with E-state index in [1.54, 1.807) is 32.0 Å². The van der Waals surface area contributed by atoms with Gasteiger partial charge in [0, 0.05) is 17.0 Å². The number of sulfone groups is 1. The van der Waals surface area contributed by atoms with Crippen molar-refractivity contribution in [2.24, 2.45) is 0 Å². The number of anilines is 1. The first kappa shape index (κ1) is 19.9. The molecule has 0 heterocycles. The molecule has 0 aliphatic rings. The molecule has 0 bridgehead atoms. The lowest BCUT2D eigenvalue weighted by Gasteiger charge is -2.11. The molecule has 138 valence electrons. The monoisotopic (exact) mass is 395 g/mol. The van der Waals surface area contributed by atoms with Crippen molar-refractivity contribution < 1.29 is 22.7 Å². The van der Waals surface area contributed by atoms with Crippen molar-refractivity contribution in [3.63, 3.8) is 0 Å². The Balaban J connectivity index is 2.06. The van der Waals surface area contributed by atoms with E-state index in [0.29, 0.717) is 16.3 Å². The highest BCUT2D eigenvalue weighted by molar-refractivity contribution is 7.90. The summed E-state index contributed by atoms with van der Waals surface area (Å²) in [4.78, 5) is 24.2. The van der Waals surface area contributed by atoms with Crippen molar-refractivity contribution in [2.75, 3.05) is 18.2 Å². The van der Waals surface area contributed by atoms with Crippen molar-refractivity contribution in [3.05, 3.63) is 58.1 Å². The Morgan fingerprint density at radius 3 is 2.38 bits per heavy atom. The zero-order valence-corrected chi connectivity index (χ0v) is 16.1. The Kier molecular flexibility index (Phi) is 6.05. The van der Waals surface area contributed by atoms with Gasteiger partial charge < -0.3 is 10.1 Å². The van der Waals surface area contributed by atoms with Crippen LogP contribution in [0.2, 0.25) is 5.02 Å². The van der Waals surface area contributed by atoms with Gasteiger partial charge in [0.2, 0.25) is 0 Å². The third kappa shape index (κ3) is 5.06. The van der Waals surface area contributed by atoms with E-state index in [1.807, 2.05) is 0 Å². The molecule has 1 amide bonds. The van der Waals surface area contributed by atoms with Gasteiger partial charge in [-0.1, -0.05) is 23.7 Å². The van der Waals surface area contributed by atoms with Gasteiger partial charge in [-0.05, 0) is 49.2 Å². The van der Waals surface area contributed by atoms with E-state index < -0.39 is 28.3 Å². The SMILES string of the molecule is Cc1ccc(Cl)cc1NC(=O)COC(=O)c1cc(S(C)(=O)=O)ccc1C. The molecule has 1 N–H and O–H groups in total. The van der Waals surface area contributed by atoms with Crippen molar-refractivity contribution >= 4 is 39.0 Å². The molecule has 26 heavy (non-hydrogen) atoms. The molecule has 2 aromatic rings. The van der Waals surface area contributed by atoms with Crippen LogP contribution in [0.25, 0.3) is 0 Å². The predicted octanol–water partition coefficient (Wildman–Crippen LogP) is 3.16. The fourth-order valence-electron chi connectivity index (χ4n) is 2.18. The maximum absolute atomic E-state index is 12.2. The van der Waals surface area contributed by atoms with Crippen molar-refractivity contribution in [1.29, 1.82) is 0 Å². The molecular weight excluding hydrogens is 378 g/mol. The Labute approximate surface area is 157 Å². The number of nitrogens with one attached hydrogen (secondary N) is 1. The van der Waals surface area contributed by atoms with Crippen LogP contribution in [-0.4, -0.2) is 33.2 Å². The lowest BCUT2D eigenvalue weighted by atomic mass is 10.1. The molecule has 6 nitrogen and oxygen atoms in total. The first-order chi connectivity index (χ1) is 12.1. The third-order valence-electron chi connectivity index (χ3n) is 3.67. The number of amides is 1. The van der Waals surface area contributed by atoms with E-state index in [-0.39, 0.29) is 10.5 Å². The van der Waals surface area contributed by atoms with E-state index in [0.717, 1.165) is 11.8 Å². The summed E-state index contributed by atoms with van der Waals surface area (Å²) >= 11 is 5.89. The van der Waals surface area contributed by atoms with E-state index >= 15 is 0 Å². The highest BCUT2D eigenvalue weighted by Gasteiger charge is 2.17. The molecule has 0 fully saturated rings. The molecule has 2 aromatic carbocycles. The van der Waals surface area contributed by atoms with Crippen molar-refractivity contribution in [2.45, 2.75) is 18.7 Å². The Morgan fingerprint density at radius 1 is 1.08 bits per heavy atom. The zero-order chi connectivity index (χ0) is 19.5. The van der Waals surface area contributed by atoms with Crippen molar-refractivity contribution in [3.8, 4) is 0 Å². The molecule has 0 aliphatic carbocycles. The number of benzene rings is 2. The molecule has 0 spiro atoms. The van der Waals surface area contributed by atoms with Crippen LogP contribution in [-0.2, 0) is 19.4 Å². The topological polar surface area (TPSA) is 89.5 Å².